The highest BCUT2D eigenvalue weighted by molar-refractivity contribution is 7.89. The van der Waals surface area contributed by atoms with E-state index in [-0.39, 0.29) is 36.9 Å². The normalized spacial score (nSPS) is 14.5. The highest BCUT2D eigenvalue weighted by atomic mass is 32.2. The van der Waals surface area contributed by atoms with Crippen molar-refractivity contribution in [1.29, 1.82) is 0 Å². The summed E-state index contributed by atoms with van der Waals surface area (Å²) < 4.78 is 57.0. The Morgan fingerprint density at radius 3 is 2.32 bits per heavy atom. The number of hydrogen-bond acceptors (Lipinski definition) is 7. The van der Waals surface area contributed by atoms with Crippen LogP contribution in [0.1, 0.15) is 17.5 Å². The number of amides is 2. The molecule has 12 heteroatoms. The number of rotatable bonds is 15. The lowest BCUT2D eigenvalue weighted by Gasteiger charge is -2.31. The molecule has 1 aliphatic rings. The molecule has 1 heterocycles. The second-order valence-corrected chi connectivity index (χ2v) is 12.2. The van der Waals surface area contributed by atoms with Crippen molar-refractivity contribution in [3.63, 3.8) is 0 Å². The predicted octanol–water partition coefficient (Wildman–Crippen LogP) is 3.02. The third kappa shape index (κ3) is 9.33. The molecule has 3 aromatic rings. The van der Waals surface area contributed by atoms with Crippen molar-refractivity contribution in [2.24, 2.45) is 0 Å². The topological polar surface area (TPSA) is 114 Å². The summed E-state index contributed by atoms with van der Waals surface area (Å²) in [6.07, 6.45) is 0.852. The molecular formula is C32H38FN3O7S. The van der Waals surface area contributed by atoms with E-state index in [0.717, 1.165) is 5.56 Å². The van der Waals surface area contributed by atoms with Gasteiger partial charge < -0.3 is 24.4 Å². The maximum Gasteiger partial charge on any atom is 0.261 e. The quantitative estimate of drug-likeness (QED) is 0.258. The van der Waals surface area contributed by atoms with Crippen LogP contribution in [0.15, 0.2) is 83.8 Å². The predicted molar refractivity (Wildman–Crippen MR) is 162 cm³/mol. The van der Waals surface area contributed by atoms with E-state index < -0.39 is 34.4 Å². The van der Waals surface area contributed by atoms with Gasteiger partial charge in [-0.05, 0) is 53.9 Å². The molecule has 1 N–H and O–H groups in total. The van der Waals surface area contributed by atoms with Crippen molar-refractivity contribution >= 4 is 21.8 Å². The number of halogens is 1. The fraction of sp³-hybridized carbons (Fsp3) is 0.375. The van der Waals surface area contributed by atoms with Crippen LogP contribution in [0.25, 0.3) is 0 Å². The SMILES string of the molecule is COCCCNC(=O)C(Cc1ccccc1)N(Cc1ccc(F)cc1)C(=O)COc1ccc(S(=O)(=O)N2CCOCC2)cc1. The number of nitrogens with zero attached hydrogens (tertiary/aromatic N) is 2. The van der Waals surface area contributed by atoms with Crippen LogP contribution in [0.5, 0.6) is 5.75 Å². The monoisotopic (exact) mass is 627 g/mol. The minimum Gasteiger partial charge on any atom is -0.484 e. The first-order valence-electron chi connectivity index (χ1n) is 14.4. The summed E-state index contributed by atoms with van der Waals surface area (Å²) in [5.41, 5.74) is 1.50. The van der Waals surface area contributed by atoms with Gasteiger partial charge in [-0.3, -0.25) is 9.59 Å². The summed E-state index contributed by atoms with van der Waals surface area (Å²) >= 11 is 0. The Morgan fingerprint density at radius 2 is 1.66 bits per heavy atom. The summed E-state index contributed by atoms with van der Waals surface area (Å²) in [7, 11) is -2.10. The van der Waals surface area contributed by atoms with E-state index >= 15 is 0 Å². The van der Waals surface area contributed by atoms with E-state index in [1.807, 2.05) is 30.3 Å². The molecule has 1 unspecified atom stereocenters. The molecule has 44 heavy (non-hydrogen) atoms. The molecule has 0 spiro atoms. The summed E-state index contributed by atoms with van der Waals surface area (Å²) in [5.74, 6) is -0.916. The maximum absolute atomic E-state index is 13.7. The highest BCUT2D eigenvalue weighted by Crippen LogP contribution is 2.21. The van der Waals surface area contributed by atoms with Crippen molar-refractivity contribution in [3.05, 3.63) is 95.8 Å². The third-order valence-corrected chi connectivity index (χ3v) is 9.07. The Kier molecular flexibility index (Phi) is 12.2. The van der Waals surface area contributed by atoms with Crippen LogP contribution >= 0.6 is 0 Å². The third-order valence-electron chi connectivity index (χ3n) is 7.16. The van der Waals surface area contributed by atoms with Gasteiger partial charge in [0.15, 0.2) is 6.61 Å². The maximum atomic E-state index is 13.7. The lowest BCUT2D eigenvalue weighted by atomic mass is 10.0. The number of sulfonamides is 1. The van der Waals surface area contributed by atoms with E-state index in [2.05, 4.69) is 5.32 Å². The Morgan fingerprint density at radius 1 is 0.977 bits per heavy atom. The van der Waals surface area contributed by atoms with Crippen molar-refractivity contribution < 1.29 is 36.6 Å². The molecule has 3 aromatic carbocycles. The molecule has 0 aliphatic carbocycles. The second-order valence-electron chi connectivity index (χ2n) is 10.3. The minimum absolute atomic E-state index is 0.0438. The largest absolute Gasteiger partial charge is 0.484 e. The minimum atomic E-state index is -3.68. The molecule has 1 atom stereocenters. The fourth-order valence-corrected chi connectivity index (χ4v) is 6.17. The van der Waals surface area contributed by atoms with Gasteiger partial charge in [0.2, 0.25) is 15.9 Å². The zero-order chi connectivity index (χ0) is 31.4. The van der Waals surface area contributed by atoms with Crippen molar-refractivity contribution in [2.75, 3.05) is 53.2 Å². The molecule has 4 rings (SSSR count). The van der Waals surface area contributed by atoms with Gasteiger partial charge in [0.1, 0.15) is 17.6 Å². The Hall–Kier alpha value is -3.84. The number of hydrogen-bond donors (Lipinski definition) is 1. The van der Waals surface area contributed by atoms with E-state index in [1.54, 1.807) is 19.2 Å². The lowest BCUT2D eigenvalue weighted by molar-refractivity contribution is -0.142. The second kappa shape index (κ2) is 16.3. The molecule has 10 nitrogen and oxygen atoms in total. The molecule has 2 amide bonds. The van der Waals surface area contributed by atoms with Gasteiger partial charge in [0.25, 0.3) is 5.91 Å². The van der Waals surface area contributed by atoms with E-state index in [9.17, 15) is 22.4 Å². The lowest BCUT2D eigenvalue weighted by Crippen LogP contribution is -2.51. The summed E-state index contributed by atoms with van der Waals surface area (Å²) in [5, 5.41) is 2.91. The first kappa shape index (κ1) is 33.1. The zero-order valence-electron chi connectivity index (χ0n) is 24.7. The van der Waals surface area contributed by atoms with Crippen LogP contribution in [0.4, 0.5) is 4.39 Å². The molecule has 0 aromatic heterocycles. The molecule has 0 bridgehead atoms. The van der Waals surface area contributed by atoms with Gasteiger partial charge in [-0.25, -0.2) is 12.8 Å². The average molecular weight is 628 g/mol. The van der Waals surface area contributed by atoms with Gasteiger partial charge in [-0.1, -0.05) is 42.5 Å². The summed E-state index contributed by atoms with van der Waals surface area (Å²) in [6, 6.07) is 20.1. The molecule has 0 radical (unpaired) electrons. The Balaban J connectivity index is 1.52. The molecular weight excluding hydrogens is 589 g/mol. The Labute approximate surface area is 257 Å². The summed E-state index contributed by atoms with van der Waals surface area (Å²) in [6.45, 7) is 1.73. The van der Waals surface area contributed by atoms with Gasteiger partial charge in [-0.2, -0.15) is 4.31 Å². The van der Waals surface area contributed by atoms with Gasteiger partial charge >= 0.3 is 0 Å². The van der Waals surface area contributed by atoms with Crippen LogP contribution < -0.4 is 10.1 Å². The van der Waals surface area contributed by atoms with Crippen molar-refractivity contribution in [1.82, 2.24) is 14.5 Å². The van der Waals surface area contributed by atoms with Crippen LogP contribution in [-0.4, -0.2) is 88.7 Å². The number of methoxy groups -OCH3 is 1. The number of morpholine rings is 1. The first-order chi connectivity index (χ1) is 21.3. The summed E-state index contributed by atoms with van der Waals surface area (Å²) in [4.78, 5) is 28.8. The van der Waals surface area contributed by atoms with Gasteiger partial charge in [0, 0.05) is 46.3 Å². The van der Waals surface area contributed by atoms with Crippen LogP contribution in [-0.2, 0) is 42.1 Å². The van der Waals surface area contributed by atoms with Crippen LogP contribution in [0.2, 0.25) is 0 Å². The Bertz CT molecular complexity index is 1450. The number of ether oxygens (including phenoxy) is 3. The average Bonchev–Trinajstić information content (AvgIpc) is 3.05. The zero-order valence-corrected chi connectivity index (χ0v) is 25.5. The molecule has 1 saturated heterocycles. The van der Waals surface area contributed by atoms with E-state index in [0.29, 0.717) is 44.1 Å². The number of nitrogens with one attached hydrogen (secondary N) is 1. The molecule has 0 saturated carbocycles. The first-order valence-corrected chi connectivity index (χ1v) is 15.9. The van der Waals surface area contributed by atoms with Crippen molar-refractivity contribution in [2.45, 2.75) is 30.3 Å². The smallest absolute Gasteiger partial charge is 0.261 e. The van der Waals surface area contributed by atoms with E-state index in [1.165, 1.54) is 45.6 Å². The highest BCUT2D eigenvalue weighted by Gasteiger charge is 2.31. The fourth-order valence-electron chi connectivity index (χ4n) is 4.76. The standard InChI is InChI=1S/C32H38FN3O7S/c1-41-19-5-16-34-32(38)30(22-25-6-3-2-4-7-25)36(23-26-8-10-27(33)11-9-26)31(37)24-43-28-12-14-29(15-13-28)44(39,40)35-17-20-42-21-18-35/h2-4,6-15,30H,5,16-24H2,1H3,(H,34,38). The molecule has 1 fully saturated rings. The number of carbonyl (C=O) groups excluding carboxylic acids is 2. The van der Waals surface area contributed by atoms with Gasteiger partial charge in [-0.15, -0.1) is 0 Å². The molecule has 236 valence electrons. The van der Waals surface area contributed by atoms with Crippen LogP contribution in [0.3, 0.4) is 0 Å². The van der Waals surface area contributed by atoms with Crippen molar-refractivity contribution in [3.8, 4) is 5.75 Å². The van der Waals surface area contributed by atoms with Gasteiger partial charge in [0.05, 0.1) is 18.1 Å². The number of benzene rings is 3. The van der Waals surface area contributed by atoms with Crippen LogP contribution in [0, 0.1) is 5.82 Å². The van der Waals surface area contributed by atoms with E-state index in [4.69, 9.17) is 14.2 Å². The molecule has 1 aliphatic heterocycles. The number of carbonyl (C=O) groups is 2.